The highest BCUT2D eigenvalue weighted by atomic mass is 79.9. The second-order valence-electron chi connectivity index (χ2n) is 4.53. The van der Waals surface area contributed by atoms with E-state index in [4.69, 9.17) is 0 Å². The molecule has 1 heterocycles. The van der Waals surface area contributed by atoms with Crippen molar-refractivity contribution in [1.29, 1.82) is 0 Å². The van der Waals surface area contributed by atoms with Crippen molar-refractivity contribution in [3.63, 3.8) is 0 Å². The summed E-state index contributed by atoms with van der Waals surface area (Å²) in [6, 6.07) is 3.08. The molecule has 0 spiro atoms. The van der Waals surface area contributed by atoms with Crippen LogP contribution < -0.4 is 5.32 Å². The van der Waals surface area contributed by atoms with E-state index < -0.39 is 17.4 Å². The van der Waals surface area contributed by atoms with Crippen molar-refractivity contribution in [3.8, 4) is 0 Å². The standard InChI is InChI=1S/C12H14BrF2N3O2.2ClH/c13-9-2-1-8(7-10(9)18(19)20)11(12(14)15)17-5-3-16-4-6-17;;/h1-2,7,11-12,16H,3-6H2;2*1H/t11-;;/m1../s1. The summed E-state index contributed by atoms with van der Waals surface area (Å²) in [6.45, 7) is 2.28. The molecule has 5 nitrogen and oxygen atoms in total. The third kappa shape index (κ3) is 4.99. The van der Waals surface area contributed by atoms with Gasteiger partial charge < -0.3 is 5.32 Å². The van der Waals surface area contributed by atoms with Crippen LogP contribution in [-0.2, 0) is 0 Å². The molecule has 1 aromatic carbocycles. The van der Waals surface area contributed by atoms with Crippen molar-refractivity contribution >= 4 is 46.4 Å². The lowest BCUT2D eigenvalue weighted by Crippen LogP contribution is -2.46. The summed E-state index contributed by atoms with van der Waals surface area (Å²) in [5.41, 5.74) is 0.0834. The minimum Gasteiger partial charge on any atom is -0.314 e. The molecule has 1 saturated heterocycles. The van der Waals surface area contributed by atoms with Gasteiger partial charge >= 0.3 is 0 Å². The number of nitro benzene ring substituents is 1. The second kappa shape index (κ2) is 9.57. The average molecular weight is 423 g/mol. The van der Waals surface area contributed by atoms with E-state index in [9.17, 15) is 18.9 Å². The highest BCUT2D eigenvalue weighted by Gasteiger charge is 2.31. The molecule has 0 unspecified atom stereocenters. The van der Waals surface area contributed by atoms with Crippen LogP contribution in [0.1, 0.15) is 11.6 Å². The van der Waals surface area contributed by atoms with Crippen LogP contribution in [0.4, 0.5) is 14.5 Å². The van der Waals surface area contributed by atoms with Gasteiger partial charge in [0, 0.05) is 32.2 Å². The first-order valence-corrected chi connectivity index (χ1v) is 6.96. The second-order valence-corrected chi connectivity index (χ2v) is 5.39. The smallest absolute Gasteiger partial charge is 0.283 e. The van der Waals surface area contributed by atoms with Crippen LogP contribution in [0.25, 0.3) is 0 Å². The first kappa shape index (κ1) is 21.5. The van der Waals surface area contributed by atoms with Gasteiger partial charge in [0.2, 0.25) is 0 Å². The van der Waals surface area contributed by atoms with E-state index in [1.54, 1.807) is 4.90 Å². The topological polar surface area (TPSA) is 58.4 Å². The Labute approximate surface area is 147 Å². The lowest BCUT2D eigenvalue weighted by atomic mass is 10.0. The van der Waals surface area contributed by atoms with E-state index in [-0.39, 0.29) is 36.1 Å². The Kier molecular flexibility index (Phi) is 9.33. The molecule has 0 amide bonds. The SMILES string of the molecule is Cl.Cl.O=[N+]([O-])c1cc([C@H](C(F)F)N2CCNCC2)ccc1Br. The number of hydrogen-bond acceptors (Lipinski definition) is 4. The van der Waals surface area contributed by atoms with Gasteiger partial charge in [-0.25, -0.2) is 8.78 Å². The number of alkyl halides is 2. The van der Waals surface area contributed by atoms with Gasteiger partial charge in [0.15, 0.2) is 0 Å². The zero-order chi connectivity index (χ0) is 14.7. The molecule has 1 aliphatic rings. The van der Waals surface area contributed by atoms with E-state index in [2.05, 4.69) is 21.2 Å². The Morgan fingerprint density at radius 3 is 2.36 bits per heavy atom. The Morgan fingerprint density at radius 1 is 1.27 bits per heavy atom. The summed E-state index contributed by atoms with van der Waals surface area (Å²) in [7, 11) is 0. The van der Waals surface area contributed by atoms with Gasteiger partial charge in [-0.2, -0.15) is 0 Å². The van der Waals surface area contributed by atoms with E-state index in [0.29, 0.717) is 30.7 Å². The number of benzene rings is 1. The summed E-state index contributed by atoms with van der Waals surface area (Å²) >= 11 is 3.06. The van der Waals surface area contributed by atoms with Gasteiger partial charge in [0.25, 0.3) is 12.1 Å². The first-order chi connectivity index (χ1) is 9.50. The summed E-state index contributed by atoms with van der Waals surface area (Å²) in [6.07, 6.45) is -2.59. The Bertz CT molecular complexity index is 505. The Balaban J connectivity index is 0.00000220. The third-order valence-corrected chi connectivity index (χ3v) is 3.96. The molecule has 0 aliphatic carbocycles. The largest absolute Gasteiger partial charge is 0.314 e. The molecule has 0 aromatic heterocycles. The number of hydrogen-bond donors (Lipinski definition) is 1. The minimum absolute atomic E-state index is 0. The maximum atomic E-state index is 13.4. The zero-order valence-corrected chi connectivity index (χ0v) is 14.6. The summed E-state index contributed by atoms with van der Waals surface area (Å²) in [5, 5.41) is 14.0. The van der Waals surface area contributed by atoms with Gasteiger partial charge in [0.05, 0.1) is 15.4 Å². The first-order valence-electron chi connectivity index (χ1n) is 6.17. The number of rotatable bonds is 4. The molecule has 1 aliphatic heterocycles. The lowest BCUT2D eigenvalue weighted by molar-refractivity contribution is -0.385. The highest BCUT2D eigenvalue weighted by molar-refractivity contribution is 9.10. The lowest BCUT2D eigenvalue weighted by Gasteiger charge is -2.34. The number of nitrogens with zero attached hydrogens (tertiary/aromatic N) is 2. The van der Waals surface area contributed by atoms with Crippen molar-refractivity contribution in [2.75, 3.05) is 26.2 Å². The number of piperazine rings is 1. The number of nitro groups is 1. The van der Waals surface area contributed by atoms with Crippen LogP contribution in [0.2, 0.25) is 0 Å². The molecule has 0 saturated carbocycles. The molecule has 22 heavy (non-hydrogen) atoms. The fourth-order valence-corrected chi connectivity index (χ4v) is 2.72. The Morgan fingerprint density at radius 2 is 1.86 bits per heavy atom. The maximum absolute atomic E-state index is 13.4. The van der Waals surface area contributed by atoms with E-state index in [1.807, 2.05) is 0 Å². The van der Waals surface area contributed by atoms with Crippen LogP contribution in [-0.4, -0.2) is 42.4 Å². The molecule has 1 N–H and O–H groups in total. The molecule has 0 bridgehead atoms. The summed E-state index contributed by atoms with van der Waals surface area (Å²) in [5.74, 6) is 0. The molecule has 0 radical (unpaired) electrons. The fourth-order valence-electron chi connectivity index (χ4n) is 2.33. The average Bonchev–Trinajstić information content (AvgIpc) is 2.41. The molecule has 10 heteroatoms. The monoisotopic (exact) mass is 421 g/mol. The van der Waals surface area contributed by atoms with Gasteiger partial charge in [-0.3, -0.25) is 15.0 Å². The maximum Gasteiger partial charge on any atom is 0.283 e. The predicted octanol–water partition coefficient (Wildman–Crippen LogP) is 3.41. The van der Waals surface area contributed by atoms with Gasteiger partial charge in [-0.15, -0.1) is 24.8 Å². The van der Waals surface area contributed by atoms with Gasteiger partial charge in [-0.1, -0.05) is 6.07 Å². The van der Waals surface area contributed by atoms with Crippen LogP contribution >= 0.6 is 40.7 Å². The normalized spacial score (nSPS) is 16.5. The molecule has 1 aromatic rings. The van der Waals surface area contributed by atoms with Gasteiger partial charge in [0.1, 0.15) is 0 Å². The van der Waals surface area contributed by atoms with Crippen molar-refractivity contribution in [3.05, 3.63) is 38.3 Å². The minimum atomic E-state index is -2.59. The molecule has 2 rings (SSSR count). The van der Waals surface area contributed by atoms with Crippen molar-refractivity contribution in [2.45, 2.75) is 12.5 Å². The van der Waals surface area contributed by atoms with Crippen LogP contribution in [0.15, 0.2) is 22.7 Å². The third-order valence-electron chi connectivity index (χ3n) is 3.29. The molecule has 1 atom stereocenters. The van der Waals surface area contributed by atoms with Crippen LogP contribution in [0.3, 0.4) is 0 Å². The molecule has 1 fully saturated rings. The number of halogens is 5. The highest BCUT2D eigenvalue weighted by Crippen LogP contribution is 2.33. The summed E-state index contributed by atoms with van der Waals surface area (Å²) < 4.78 is 27.0. The van der Waals surface area contributed by atoms with E-state index in [0.717, 1.165) is 0 Å². The van der Waals surface area contributed by atoms with Gasteiger partial charge in [-0.05, 0) is 27.6 Å². The number of nitrogens with one attached hydrogen (secondary N) is 1. The van der Waals surface area contributed by atoms with Crippen LogP contribution in [0.5, 0.6) is 0 Å². The van der Waals surface area contributed by atoms with Crippen molar-refractivity contribution < 1.29 is 13.7 Å². The predicted molar refractivity (Wildman–Crippen MR) is 88.5 cm³/mol. The summed E-state index contributed by atoms with van der Waals surface area (Å²) in [4.78, 5) is 12.0. The van der Waals surface area contributed by atoms with Crippen molar-refractivity contribution in [2.24, 2.45) is 0 Å². The van der Waals surface area contributed by atoms with Crippen molar-refractivity contribution in [1.82, 2.24) is 10.2 Å². The van der Waals surface area contributed by atoms with Crippen LogP contribution in [0, 0.1) is 10.1 Å². The van der Waals surface area contributed by atoms with E-state index in [1.165, 1.54) is 18.2 Å². The zero-order valence-electron chi connectivity index (χ0n) is 11.4. The quantitative estimate of drug-likeness (QED) is 0.596. The molecular formula is C12H16BrCl2F2N3O2. The Hall–Kier alpha value is -0.540. The molecule has 126 valence electrons. The fraction of sp³-hybridized carbons (Fsp3) is 0.500. The molecular weight excluding hydrogens is 407 g/mol. The van der Waals surface area contributed by atoms with E-state index >= 15 is 0 Å².